The van der Waals surface area contributed by atoms with E-state index in [9.17, 15) is 4.79 Å². The van der Waals surface area contributed by atoms with Crippen LogP contribution < -0.4 is 5.32 Å². The molecule has 2 rings (SSSR count). The standard InChI is InChI=1S/C12H10BrN3O/c13-10-3-5-15-11(7-10)16-12(17)6-9-2-1-4-14-8-9/h1-5,7-8H,6H2,(H,15,16,17). The number of rotatable bonds is 3. The van der Waals surface area contributed by atoms with Crippen molar-refractivity contribution >= 4 is 27.7 Å². The second-order valence-corrected chi connectivity index (χ2v) is 4.36. The van der Waals surface area contributed by atoms with Gasteiger partial charge in [-0.25, -0.2) is 4.98 Å². The van der Waals surface area contributed by atoms with Crippen LogP contribution in [-0.2, 0) is 11.2 Å². The molecule has 0 spiro atoms. The molecule has 4 nitrogen and oxygen atoms in total. The highest BCUT2D eigenvalue weighted by molar-refractivity contribution is 9.10. The normalized spacial score (nSPS) is 9.94. The molecule has 2 aromatic heterocycles. The van der Waals surface area contributed by atoms with Crippen LogP contribution in [0.4, 0.5) is 5.82 Å². The van der Waals surface area contributed by atoms with Crippen LogP contribution in [-0.4, -0.2) is 15.9 Å². The van der Waals surface area contributed by atoms with Crippen LogP contribution in [0, 0.1) is 0 Å². The molecule has 1 N–H and O–H groups in total. The summed E-state index contributed by atoms with van der Waals surface area (Å²) in [7, 11) is 0. The number of hydrogen-bond donors (Lipinski definition) is 1. The number of pyridine rings is 2. The molecule has 0 fully saturated rings. The molecule has 5 heteroatoms. The number of carbonyl (C=O) groups excluding carboxylic acids is 1. The lowest BCUT2D eigenvalue weighted by molar-refractivity contribution is -0.115. The molecule has 86 valence electrons. The number of nitrogens with one attached hydrogen (secondary N) is 1. The molecule has 0 atom stereocenters. The predicted octanol–water partition coefficient (Wildman–Crippen LogP) is 2.42. The molecule has 0 bridgehead atoms. The fraction of sp³-hybridized carbons (Fsp3) is 0.0833. The maximum atomic E-state index is 11.7. The third-order valence-corrected chi connectivity index (χ3v) is 2.57. The van der Waals surface area contributed by atoms with Gasteiger partial charge in [-0.05, 0) is 23.8 Å². The van der Waals surface area contributed by atoms with E-state index in [2.05, 4.69) is 31.2 Å². The molecule has 1 amide bonds. The Bertz CT molecular complexity index is 516. The van der Waals surface area contributed by atoms with Gasteiger partial charge in [0.15, 0.2) is 0 Å². The summed E-state index contributed by atoms with van der Waals surface area (Å²) >= 11 is 3.32. The van der Waals surface area contributed by atoms with Gasteiger partial charge >= 0.3 is 0 Å². The Kier molecular flexibility index (Phi) is 3.82. The van der Waals surface area contributed by atoms with Gasteiger partial charge in [0.25, 0.3) is 0 Å². The smallest absolute Gasteiger partial charge is 0.230 e. The zero-order valence-corrected chi connectivity index (χ0v) is 10.5. The Morgan fingerprint density at radius 1 is 1.35 bits per heavy atom. The minimum absolute atomic E-state index is 0.108. The van der Waals surface area contributed by atoms with Crippen LogP contribution in [0.15, 0.2) is 47.3 Å². The van der Waals surface area contributed by atoms with Gasteiger partial charge in [0.1, 0.15) is 5.82 Å². The van der Waals surface area contributed by atoms with Crippen LogP contribution in [0.3, 0.4) is 0 Å². The molecule has 0 aliphatic heterocycles. The molecular formula is C12H10BrN3O. The number of amides is 1. The van der Waals surface area contributed by atoms with Crippen molar-refractivity contribution in [1.82, 2.24) is 9.97 Å². The van der Waals surface area contributed by atoms with Crippen molar-refractivity contribution < 1.29 is 4.79 Å². The number of halogens is 1. The first-order chi connectivity index (χ1) is 8.24. The third-order valence-electron chi connectivity index (χ3n) is 2.08. The summed E-state index contributed by atoms with van der Waals surface area (Å²) in [4.78, 5) is 19.7. The maximum absolute atomic E-state index is 11.7. The third kappa shape index (κ3) is 3.64. The summed E-state index contributed by atoms with van der Waals surface area (Å²) in [6.07, 6.45) is 5.27. The minimum Gasteiger partial charge on any atom is -0.310 e. The van der Waals surface area contributed by atoms with E-state index >= 15 is 0 Å². The van der Waals surface area contributed by atoms with Crippen molar-refractivity contribution in [3.05, 3.63) is 52.9 Å². The van der Waals surface area contributed by atoms with Crippen LogP contribution in [0.1, 0.15) is 5.56 Å². The van der Waals surface area contributed by atoms with Crippen LogP contribution in [0.5, 0.6) is 0 Å². The fourth-order valence-electron chi connectivity index (χ4n) is 1.35. The van der Waals surface area contributed by atoms with Gasteiger partial charge in [0.05, 0.1) is 6.42 Å². The van der Waals surface area contributed by atoms with Crippen molar-refractivity contribution in [2.75, 3.05) is 5.32 Å². The highest BCUT2D eigenvalue weighted by Gasteiger charge is 2.04. The fourth-order valence-corrected chi connectivity index (χ4v) is 1.68. The van der Waals surface area contributed by atoms with Crippen molar-refractivity contribution in [3.8, 4) is 0 Å². The monoisotopic (exact) mass is 291 g/mol. The van der Waals surface area contributed by atoms with Crippen LogP contribution in [0.2, 0.25) is 0 Å². The van der Waals surface area contributed by atoms with Crippen molar-refractivity contribution in [2.24, 2.45) is 0 Å². The van der Waals surface area contributed by atoms with E-state index in [0.29, 0.717) is 12.2 Å². The number of nitrogens with zero attached hydrogens (tertiary/aromatic N) is 2. The number of carbonyl (C=O) groups is 1. The molecule has 2 heterocycles. The molecular weight excluding hydrogens is 282 g/mol. The second-order valence-electron chi connectivity index (χ2n) is 3.45. The van der Waals surface area contributed by atoms with E-state index < -0.39 is 0 Å². The van der Waals surface area contributed by atoms with Gasteiger partial charge in [-0.2, -0.15) is 0 Å². The minimum atomic E-state index is -0.108. The molecule has 0 aromatic carbocycles. The van der Waals surface area contributed by atoms with E-state index in [4.69, 9.17) is 0 Å². The topological polar surface area (TPSA) is 54.9 Å². The van der Waals surface area contributed by atoms with E-state index in [1.54, 1.807) is 36.8 Å². The van der Waals surface area contributed by atoms with Gasteiger partial charge in [0, 0.05) is 23.1 Å². The summed E-state index contributed by atoms with van der Waals surface area (Å²) < 4.78 is 0.879. The lowest BCUT2D eigenvalue weighted by Gasteiger charge is -2.04. The number of aromatic nitrogens is 2. The maximum Gasteiger partial charge on any atom is 0.230 e. The second kappa shape index (κ2) is 5.54. The van der Waals surface area contributed by atoms with Crippen LogP contribution >= 0.6 is 15.9 Å². The summed E-state index contributed by atoms with van der Waals surface area (Å²) in [5.41, 5.74) is 0.875. The lowest BCUT2D eigenvalue weighted by Crippen LogP contribution is -2.15. The van der Waals surface area contributed by atoms with Gasteiger partial charge < -0.3 is 5.32 Å². The Balaban J connectivity index is 1.98. The molecule has 0 aliphatic carbocycles. The average Bonchev–Trinajstić information content (AvgIpc) is 2.30. The zero-order chi connectivity index (χ0) is 12.1. The Morgan fingerprint density at radius 2 is 2.24 bits per heavy atom. The first-order valence-electron chi connectivity index (χ1n) is 5.04. The number of hydrogen-bond acceptors (Lipinski definition) is 3. The van der Waals surface area contributed by atoms with Gasteiger partial charge in [0.2, 0.25) is 5.91 Å². The number of anilines is 1. The Labute approximate surface area is 107 Å². The largest absolute Gasteiger partial charge is 0.310 e. The van der Waals surface area contributed by atoms with Gasteiger partial charge in [-0.1, -0.05) is 22.0 Å². The van der Waals surface area contributed by atoms with Crippen molar-refractivity contribution in [2.45, 2.75) is 6.42 Å². The molecule has 17 heavy (non-hydrogen) atoms. The molecule has 0 unspecified atom stereocenters. The van der Waals surface area contributed by atoms with E-state index in [0.717, 1.165) is 10.0 Å². The van der Waals surface area contributed by atoms with Gasteiger partial charge in [-0.3, -0.25) is 9.78 Å². The van der Waals surface area contributed by atoms with E-state index in [1.165, 1.54) is 0 Å². The highest BCUT2D eigenvalue weighted by atomic mass is 79.9. The molecule has 0 saturated heterocycles. The quantitative estimate of drug-likeness (QED) is 0.945. The van der Waals surface area contributed by atoms with Crippen molar-refractivity contribution in [3.63, 3.8) is 0 Å². The van der Waals surface area contributed by atoms with E-state index in [-0.39, 0.29) is 5.91 Å². The van der Waals surface area contributed by atoms with Crippen LogP contribution in [0.25, 0.3) is 0 Å². The summed E-state index contributed by atoms with van der Waals surface area (Å²) in [5.74, 6) is 0.428. The highest BCUT2D eigenvalue weighted by Crippen LogP contribution is 2.12. The Morgan fingerprint density at radius 3 is 2.94 bits per heavy atom. The lowest BCUT2D eigenvalue weighted by atomic mass is 10.2. The SMILES string of the molecule is O=C(Cc1cccnc1)Nc1cc(Br)ccn1. The summed E-state index contributed by atoms with van der Waals surface area (Å²) in [6.45, 7) is 0. The average molecular weight is 292 g/mol. The Hall–Kier alpha value is -1.75. The van der Waals surface area contributed by atoms with Crippen molar-refractivity contribution in [1.29, 1.82) is 0 Å². The zero-order valence-electron chi connectivity index (χ0n) is 8.93. The molecule has 2 aromatic rings. The molecule has 0 saturated carbocycles. The summed E-state index contributed by atoms with van der Waals surface area (Å²) in [6, 6.07) is 7.22. The molecule has 0 radical (unpaired) electrons. The van der Waals surface area contributed by atoms with E-state index in [1.807, 2.05) is 6.07 Å². The summed E-state index contributed by atoms with van der Waals surface area (Å²) in [5, 5.41) is 2.72. The molecule has 0 aliphatic rings. The predicted molar refractivity (Wildman–Crippen MR) is 68.5 cm³/mol. The first kappa shape index (κ1) is 11.7. The van der Waals surface area contributed by atoms with Gasteiger partial charge in [-0.15, -0.1) is 0 Å². The first-order valence-corrected chi connectivity index (χ1v) is 5.83.